The molecule has 1 atom stereocenters. The number of phenolic OH excluding ortho intramolecular Hbond substituents is 1. The predicted molar refractivity (Wildman–Crippen MR) is 98.6 cm³/mol. The monoisotopic (exact) mass is 357 g/mol. The first kappa shape index (κ1) is 17.2. The molecule has 0 bridgehead atoms. The number of rotatable bonds is 5. The Hall–Kier alpha value is -2.60. The summed E-state index contributed by atoms with van der Waals surface area (Å²) in [6.45, 7) is 0.669. The van der Waals surface area contributed by atoms with Crippen molar-refractivity contribution in [1.29, 1.82) is 0 Å². The van der Waals surface area contributed by atoms with Crippen LogP contribution in [0.4, 0.5) is 0 Å². The van der Waals surface area contributed by atoms with Gasteiger partial charge in [0.25, 0.3) is 0 Å². The minimum absolute atomic E-state index is 0.164. The van der Waals surface area contributed by atoms with Gasteiger partial charge in [0.2, 0.25) is 0 Å². The highest BCUT2D eigenvalue weighted by Gasteiger charge is 2.16. The average Bonchev–Trinajstić information content (AvgIpc) is 3.09. The number of hydrogen-bond acceptors (Lipinski definition) is 5. The number of aromatic hydroxyl groups is 1. The Morgan fingerprint density at radius 2 is 1.88 bits per heavy atom. The van der Waals surface area contributed by atoms with Crippen LogP contribution in [-0.4, -0.2) is 35.0 Å². The van der Waals surface area contributed by atoms with Crippen LogP contribution in [0, 0.1) is 0 Å². The number of methoxy groups -OCH3 is 1. The second-order valence-electron chi connectivity index (χ2n) is 5.73. The topological polar surface area (TPSA) is 76.0 Å². The van der Waals surface area contributed by atoms with E-state index in [9.17, 15) is 14.1 Å². The first-order valence-electron chi connectivity index (χ1n) is 7.91. The number of carbonyl (C=O) groups is 1. The molecule has 6 heteroatoms. The molecule has 25 heavy (non-hydrogen) atoms. The number of aldehydes is 1. The van der Waals surface area contributed by atoms with Gasteiger partial charge in [-0.1, -0.05) is 24.3 Å². The van der Waals surface area contributed by atoms with Gasteiger partial charge in [-0.15, -0.1) is 0 Å². The van der Waals surface area contributed by atoms with Gasteiger partial charge in [-0.3, -0.25) is 4.79 Å². The van der Waals surface area contributed by atoms with Crippen LogP contribution in [0.2, 0.25) is 0 Å². The molecule has 0 spiro atoms. The third-order valence-electron chi connectivity index (χ3n) is 4.07. The van der Waals surface area contributed by atoms with E-state index in [0.29, 0.717) is 18.6 Å². The van der Waals surface area contributed by atoms with E-state index >= 15 is 0 Å². The summed E-state index contributed by atoms with van der Waals surface area (Å²) in [6, 6.07) is 10.7. The maximum absolute atomic E-state index is 12.6. The molecule has 0 fully saturated rings. The maximum Gasteiger partial charge on any atom is 0.168 e. The molecular weight excluding hydrogens is 338 g/mol. The predicted octanol–water partition coefficient (Wildman–Crippen LogP) is 3.61. The van der Waals surface area contributed by atoms with Gasteiger partial charge in [-0.2, -0.15) is 0 Å². The van der Waals surface area contributed by atoms with Crippen LogP contribution >= 0.6 is 0 Å². The second-order valence-corrected chi connectivity index (χ2v) is 8.15. The number of hydrogen-bond donors (Lipinski definition) is 1. The van der Waals surface area contributed by atoms with Crippen LogP contribution < -0.4 is 4.74 Å². The highest BCUT2D eigenvalue weighted by molar-refractivity contribution is 7.93. The van der Waals surface area contributed by atoms with Crippen molar-refractivity contribution in [1.82, 2.24) is 0 Å². The lowest BCUT2D eigenvalue weighted by Gasteiger charge is -2.07. The van der Waals surface area contributed by atoms with Crippen LogP contribution in [0.1, 0.15) is 27.9 Å². The van der Waals surface area contributed by atoms with E-state index in [2.05, 4.69) is 4.36 Å². The van der Waals surface area contributed by atoms with Crippen LogP contribution in [0.15, 0.2) is 45.7 Å². The van der Waals surface area contributed by atoms with Crippen LogP contribution in [0.25, 0.3) is 12.2 Å². The fourth-order valence-corrected chi connectivity index (χ4v) is 4.73. The maximum atomic E-state index is 12.6. The van der Waals surface area contributed by atoms with Crippen molar-refractivity contribution in [2.45, 2.75) is 11.3 Å². The standard InChI is InChI=1S/C19H19NO4S/c1-24-18-12-15(11-16(13-21)19(18)22)4-3-14-5-7-17(8-6-14)25(23)10-2-9-20-25/h3-8,11-13,22H,2,9-10H2,1H3/b4-3+. The van der Waals surface area contributed by atoms with Crippen molar-refractivity contribution in [3.8, 4) is 11.5 Å². The molecule has 0 aliphatic carbocycles. The number of benzene rings is 2. The third kappa shape index (κ3) is 3.58. The van der Waals surface area contributed by atoms with Gasteiger partial charge in [0.1, 0.15) is 0 Å². The zero-order valence-electron chi connectivity index (χ0n) is 13.8. The van der Waals surface area contributed by atoms with Gasteiger partial charge in [0.15, 0.2) is 17.8 Å². The lowest BCUT2D eigenvalue weighted by atomic mass is 10.1. The van der Waals surface area contributed by atoms with Crippen molar-refractivity contribution < 1.29 is 18.8 Å². The summed E-state index contributed by atoms with van der Waals surface area (Å²) in [5.41, 5.74) is 1.84. The lowest BCUT2D eigenvalue weighted by molar-refractivity contribution is 0.112. The minimum atomic E-state index is -2.22. The van der Waals surface area contributed by atoms with Gasteiger partial charge < -0.3 is 9.84 Å². The summed E-state index contributed by atoms with van der Waals surface area (Å²) in [5.74, 6) is 0.714. The van der Waals surface area contributed by atoms with E-state index in [1.807, 2.05) is 36.4 Å². The minimum Gasteiger partial charge on any atom is -0.504 e. The summed E-state index contributed by atoms with van der Waals surface area (Å²) < 4.78 is 21.9. The molecule has 0 amide bonds. The first-order valence-corrected chi connectivity index (χ1v) is 9.59. The summed E-state index contributed by atoms with van der Waals surface area (Å²) >= 11 is 0. The molecule has 1 aliphatic rings. The molecule has 2 aromatic rings. The highest BCUT2D eigenvalue weighted by Crippen LogP contribution is 2.31. The molecule has 1 N–H and O–H groups in total. The van der Waals surface area contributed by atoms with Gasteiger partial charge in [0, 0.05) is 17.2 Å². The highest BCUT2D eigenvalue weighted by atomic mass is 32.2. The lowest BCUT2D eigenvalue weighted by Crippen LogP contribution is -2.00. The van der Waals surface area contributed by atoms with E-state index in [1.54, 1.807) is 12.1 Å². The molecule has 0 radical (unpaired) electrons. The second kappa shape index (κ2) is 7.11. The Bertz CT molecular complexity index is 939. The van der Waals surface area contributed by atoms with Crippen molar-refractivity contribution >= 4 is 28.2 Å². The quantitative estimate of drug-likeness (QED) is 0.655. The van der Waals surface area contributed by atoms with Crippen LogP contribution in [0.3, 0.4) is 0 Å². The average molecular weight is 357 g/mol. The van der Waals surface area contributed by atoms with Gasteiger partial charge in [-0.05, 0) is 41.8 Å². The summed E-state index contributed by atoms with van der Waals surface area (Å²) in [6.07, 6.45) is 5.17. The summed E-state index contributed by atoms with van der Waals surface area (Å²) in [7, 11) is -0.786. The molecule has 1 unspecified atom stereocenters. The van der Waals surface area contributed by atoms with Crippen molar-refractivity contribution in [3.63, 3.8) is 0 Å². The largest absolute Gasteiger partial charge is 0.504 e. The SMILES string of the molecule is COc1cc(/C=C/c2ccc(S3(=O)=NCCC3)cc2)cc(C=O)c1O. The molecule has 0 saturated heterocycles. The molecule has 3 rings (SSSR count). The van der Waals surface area contributed by atoms with E-state index in [1.165, 1.54) is 7.11 Å². The Labute approximate surface area is 147 Å². The zero-order valence-corrected chi connectivity index (χ0v) is 14.7. The summed E-state index contributed by atoms with van der Waals surface area (Å²) in [5, 5.41) is 9.84. The molecule has 1 aliphatic heterocycles. The van der Waals surface area contributed by atoms with Crippen molar-refractivity contribution in [2.24, 2.45) is 4.36 Å². The van der Waals surface area contributed by atoms with Crippen molar-refractivity contribution in [2.75, 3.05) is 19.4 Å². The molecule has 5 nitrogen and oxygen atoms in total. The fraction of sp³-hybridized carbons (Fsp3) is 0.211. The molecule has 0 saturated carbocycles. The van der Waals surface area contributed by atoms with E-state index in [-0.39, 0.29) is 17.1 Å². The number of phenols is 1. The van der Waals surface area contributed by atoms with Crippen molar-refractivity contribution in [3.05, 3.63) is 53.1 Å². The molecule has 2 aromatic carbocycles. The van der Waals surface area contributed by atoms with E-state index in [4.69, 9.17) is 4.74 Å². The molecule has 0 aromatic heterocycles. The number of carbonyl (C=O) groups excluding carboxylic acids is 1. The molecule has 1 heterocycles. The zero-order chi connectivity index (χ0) is 17.9. The Morgan fingerprint density at radius 3 is 2.48 bits per heavy atom. The molecular formula is C19H19NO4S. The number of ether oxygens (including phenoxy) is 1. The molecule has 130 valence electrons. The van der Waals surface area contributed by atoms with Crippen LogP contribution in [-0.2, 0) is 9.73 Å². The van der Waals surface area contributed by atoms with Crippen LogP contribution in [0.5, 0.6) is 11.5 Å². The third-order valence-corrected chi connectivity index (χ3v) is 6.52. The Balaban J connectivity index is 1.85. The van der Waals surface area contributed by atoms with Gasteiger partial charge in [0.05, 0.1) is 22.4 Å². The van der Waals surface area contributed by atoms with Gasteiger partial charge >= 0.3 is 0 Å². The first-order chi connectivity index (χ1) is 12.1. The van der Waals surface area contributed by atoms with Gasteiger partial charge in [-0.25, -0.2) is 8.57 Å². The van der Waals surface area contributed by atoms with E-state index in [0.717, 1.165) is 22.4 Å². The Morgan fingerprint density at radius 1 is 1.16 bits per heavy atom. The fourth-order valence-electron chi connectivity index (χ4n) is 2.71. The Kier molecular flexibility index (Phi) is 4.90. The smallest absolute Gasteiger partial charge is 0.168 e. The summed E-state index contributed by atoms with van der Waals surface area (Å²) in [4.78, 5) is 11.8. The normalized spacial score (nSPS) is 19.7. The van der Waals surface area contributed by atoms with E-state index < -0.39 is 9.73 Å². The number of nitrogens with zero attached hydrogens (tertiary/aromatic N) is 1.